The zero-order valence-electron chi connectivity index (χ0n) is 25.9. The first kappa shape index (κ1) is 35.8. The van der Waals surface area contributed by atoms with Crippen LogP contribution in [0.25, 0.3) is 0 Å². The van der Waals surface area contributed by atoms with Gasteiger partial charge in [0.05, 0.1) is 7.11 Å². The summed E-state index contributed by atoms with van der Waals surface area (Å²) in [6.07, 6.45) is 13.4. The van der Waals surface area contributed by atoms with Crippen LogP contribution in [0.4, 0.5) is 4.79 Å². The van der Waals surface area contributed by atoms with Crippen LogP contribution in [-0.4, -0.2) is 56.3 Å². The summed E-state index contributed by atoms with van der Waals surface area (Å²) in [6.45, 7) is 11.1. The fourth-order valence-corrected chi connectivity index (χ4v) is 3.88. The van der Waals surface area contributed by atoms with Crippen molar-refractivity contribution in [1.82, 2.24) is 16.0 Å². The number of carbonyl (C=O) groups excluding carboxylic acids is 4. The van der Waals surface area contributed by atoms with Gasteiger partial charge in [0.25, 0.3) is 0 Å². The number of ether oxygens (including phenoxy) is 3. The molecule has 0 saturated carbocycles. The van der Waals surface area contributed by atoms with E-state index in [-0.39, 0.29) is 23.7 Å². The summed E-state index contributed by atoms with van der Waals surface area (Å²) in [5, 5.41) is 7.86. The Kier molecular flexibility index (Phi) is 15.5. The van der Waals surface area contributed by atoms with Crippen molar-refractivity contribution in [2.24, 2.45) is 11.3 Å². The second-order valence-electron chi connectivity index (χ2n) is 10.8. The molecule has 230 valence electrons. The lowest BCUT2D eigenvalue weighted by Gasteiger charge is -2.29. The van der Waals surface area contributed by atoms with Gasteiger partial charge in [0.15, 0.2) is 5.76 Å². The third kappa shape index (κ3) is 13.4. The molecule has 3 N–H and O–H groups in total. The number of cyclic esters (lactones) is 1. The Hall–Kier alpha value is -4.26. The number of allylic oxidation sites excluding steroid dienone is 4. The predicted molar refractivity (Wildman–Crippen MR) is 161 cm³/mol. The molecule has 1 heterocycles. The van der Waals surface area contributed by atoms with Crippen LogP contribution in [0.1, 0.15) is 60.8 Å². The highest BCUT2D eigenvalue weighted by atomic mass is 16.6. The highest BCUT2D eigenvalue weighted by Crippen LogP contribution is 2.23. The number of amides is 3. The molecule has 0 aromatic carbocycles. The van der Waals surface area contributed by atoms with Crippen LogP contribution in [-0.2, 0) is 28.6 Å². The molecule has 1 aliphatic rings. The van der Waals surface area contributed by atoms with Crippen molar-refractivity contribution in [1.29, 1.82) is 0 Å². The van der Waals surface area contributed by atoms with E-state index in [1.54, 1.807) is 31.2 Å². The van der Waals surface area contributed by atoms with Gasteiger partial charge in [-0.3, -0.25) is 9.59 Å². The van der Waals surface area contributed by atoms with Gasteiger partial charge in [-0.25, -0.2) is 9.59 Å². The highest BCUT2D eigenvalue weighted by molar-refractivity contribution is 5.93. The van der Waals surface area contributed by atoms with Crippen molar-refractivity contribution < 1.29 is 33.4 Å². The number of methoxy groups -OCH3 is 1. The minimum atomic E-state index is -0.805. The van der Waals surface area contributed by atoms with Gasteiger partial charge < -0.3 is 30.2 Å². The lowest BCUT2D eigenvalue weighted by atomic mass is 9.86. The quantitative estimate of drug-likeness (QED) is 0.128. The van der Waals surface area contributed by atoms with E-state index < -0.39 is 35.5 Å². The van der Waals surface area contributed by atoms with Gasteiger partial charge in [-0.2, -0.15) is 0 Å². The van der Waals surface area contributed by atoms with E-state index in [4.69, 9.17) is 14.2 Å². The van der Waals surface area contributed by atoms with E-state index in [2.05, 4.69) is 27.8 Å². The SMILES string of the molecule is CC#CC[C@@H](C/C=C\NC(=O)[C@@H](NC(=O)\C=C/C=C\C(C)=C\[C@H](C)[C@@H]1CC=C(OC)C(=O)O1)C(C)(C)C)OC(=O)NC. The lowest BCUT2D eigenvalue weighted by Crippen LogP contribution is -2.52. The summed E-state index contributed by atoms with van der Waals surface area (Å²) in [5.74, 6) is 4.60. The molecular weight excluding hydrogens is 538 g/mol. The number of alkyl carbamates (subject to hydrolysis) is 1. The van der Waals surface area contributed by atoms with Crippen molar-refractivity contribution >= 4 is 23.9 Å². The minimum Gasteiger partial charge on any atom is -0.490 e. The fraction of sp³-hybridized carbons (Fsp3) is 0.500. The average Bonchev–Trinajstić information content (AvgIpc) is 2.93. The Morgan fingerprint density at radius 3 is 2.50 bits per heavy atom. The van der Waals surface area contributed by atoms with Gasteiger partial charge in [0.2, 0.25) is 11.8 Å². The largest absolute Gasteiger partial charge is 0.490 e. The van der Waals surface area contributed by atoms with Crippen LogP contribution in [0.5, 0.6) is 0 Å². The third-order valence-corrected chi connectivity index (χ3v) is 6.19. The maximum Gasteiger partial charge on any atom is 0.407 e. The number of hydrogen-bond donors (Lipinski definition) is 3. The molecule has 1 aliphatic heterocycles. The summed E-state index contributed by atoms with van der Waals surface area (Å²) in [4.78, 5) is 48.9. The third-order valence-electron chi connectivity index (χ3n) is 6.19. The Balaban J connectivity index is 2.70. The molecule has 0 aliphatic carbocycles. The Morgan fingerprint density at radius 2 is 1.90 bits per heavy atom. The molecule has 10 nitrogen and oxygen atoms in total. The van der Waals surface area contributed by atoms with Gasteiger partial charge in [0, 0.05) is 38.3 Å². The molecule has 0 spiro atoms. The lowest BCUT2D eigenvalue weighted by molar-refractivity contribution is -0.151. The number of carbonyl (C=O) groups is 4. The first-order valence-corrected chi connectivity index (χ1v) is 13.8. The van der Waals surface area contributed by atoms with Crippen LogP contribution in [0.3, 0.4) is 0 Å². The molecule has 0 bridgehead atoms. The minimum absolute atomic E-state index is 0.0140. The second kappa shape index (κ2) is 18.2. The zero-order chi connectivity index (χ0) is 31.7. The van der Waals surface area contributed by atoms with E-state index >= 15 is 0 Å². The van der Waals surface area contributed by atoms with Crippen molar-refractivity contribution in [3.63, 3.8) is 0 Å². The number of nitrogens with one attached hydrogen (secondary N) is 3. The summed E-state index contributed by atoms with van der Waals surface area (Å²) in [5.41, 5.74) is 0.379. The summed E-state index contributed by atoms with van der Waals surface area (Å²) in [6, 6.07) is -0.805. The van der Waals surface area contributed by atoms with E-state index in [1.165, 1.54) is 26.4 Å². The van der Waals surface area contributed by atoms with Crippen LogP contribution in [0, 0.1) is 23.2 Å². The molecule has 10 heteroatoms. The normalized spacial score (nSPS) is 17.9. The average molecular weight is 584 g/mol. The van der Waals surface area contributed by atoms with Crippen molar-refractivity contribution in [2.75, 3.05) is 14.2 Å². The Labute approximate surface area is 249 Å². The molecule has 0 aromatic rings. The van der Waals surface area contributed by atoms with E-state index in [1.807, 2.05) is 46.8 Å². The fourth-order valence-electron chi connectivity index (χ4n) is 3.88. The maximum absolute atomic E-state index is 12.9. The molecular formula is C32H45N3O7. The smallest absolute Gasteiger partial charge is 0.407 e. The van der Waals surface area contributed by atoms with Crippen LogP contribution in [0.15, 0.2) is 60.1 Å². The Morgan fingerprint density at radius 1 is 1.21 bits per heavy atom. The first-order valence-electron chi connectivity index (χ1n) is 13.8. The van der Waals surface area contributed by atoms with E-state index in [0.717, 1.165) is 5.57 Å². The molecule has 0 aromatic heterocycles. The first-order chi connectivity index (χ1) is 19.8. The highest BCUT2D eigenvalue weighted by Gasteiger charge is 2.32. The van der Waals surface area contributed by atoms with Crippen LogP contribution in [0.2, 0.25) is 0 Å². The summed E-state index contributed by atoms with van der Waals surface area (Å²) < 4.78 is 15.7. The van der Waals surface area contributed by atoms with Gasteiger partial charge in [-0.1, -0.05) is 69.6 Å². The molecule has 4 atom stereocenters. The zero-order valence-corrected chi connectivity index (χ0v) is 25.9. The molecule has 1 rings (SSSR count). The van der Waals surface area contributed by atoms with E-state index in [0.29, 0.717) is 19.3 Å². The van der Waals surface area contributed by atoms with Crippen LogP contribution < -0.4 is 16.0 Å². The molecule has 42 heavy (non-hydrogen) atoms. The number of rotatable bonds is 13. The molecule has 0 fully saturated rings. The Bertz CT molecular complexity index is 1160. The topological polar surface area (TPSA) is 132 Å². The standard InChI is InChI=1S/C32H45N3O7/c1-9-10-15-24(41-31(39)33-7)16-13-20-34-29(37)28(32(4,5)6)35-27(36)17-12-11-14-22(2)21-23(3)25-18-19-26(40-8)30(38)42-25/h11-14,17,19-21,23-25,28H,15-16,18H2,1-8H3,(H,33,39)(H,34,37)(H,35,36)/b14-11-,17-12-,20-13-,22-21+/t23-,24-,25-,28+/m0/s1. The maximum atomic E-state index is 12.9. The molecule has 3 amide bonds. The molecule has 0 saturated heterocycles. The predicted octanol–water partition coefficient (Wildman–Crippen LogP) is 4.22. The van der Waals surface area contributed by atoms with Gasteiger partial charge in [0.1, 0.15) is 18.2 Å². The molecule has 0 radical (unpaired) electrons. The van der Waals surface area contributed by atoms with Crippen LogP contribution >= 0.6 is 0 Å². The van der Waals surface area contributed by atoms with Crippen molar-refractivity contribution in [2.45, 2.75) is 79.1 Å². The summed E-state index contributed by atoms with van der Waals surface area (Å²) in [7, 11) is 2.91. The van der Waals surface area contributed by atoms with Gasteiger partial charge in [-0.15, -0.1) is 5.92 Å². The summed E-state index contributed by atoms with van der Waals surface area (Å²) >= 11 is 0. The van der Waals surface area contributed by atoms with Crippen molar-refractivity contribution in [3.05, 3.63) is 60.1 Å². The second-order valence-corrected chi connectivity index (χ2v) is 10.8. The van der Waals surface area contributed by atoms with Gasteiger partial charge in [-0.05, 0) is 31.5 Å². The van der Waals surface area contributed by atoms with Crippen molar-refractivity contribution in [3.8, 4) is 11.8 Å². The van der Waals surface area contributed by atoms with Gasteiger partial charge >= 0.3 is 12.1 Å². The van der Waals surface area contributed by atoms with E-state index in [9.17, 15) is 19.2 Å². The number of esters is 1. The molecule has 0 unspecified atom stereocenters. The monoisotopic (exact) mass is 583 g/mol. The number of hydrogen-bond acceptors (Lipinski definition) is 7.